The molecule has 28 heavy (non-hydrogen) atoms. The molecule has 1 aromatic carbocycles. The first kappa shape index (κ1) is 21.4. The van der Waals surface area contributed by atoms with Gasteiger partial charge < -0.3 is 23.4 Å². The molecular formula is C20H30B2O6. The fourth-order valence-electron chi connectivity index (χ4n) is 3.18. The number of ether oxygens (including phenoxy) is 1. The molecule has 0 N–H and O–H groups in total. The summed E-state index contributed by atoms with van der Waals surface area (Å²) in [5.41, 5.74) is -0.0619. The van der Waals surface area contributed by atoms with Gasteiger partial charge in [0.25, 0.3) is 0 Å². The number of carbonyl (C=O) groups excluding carboxylic acids is 1. The van der Waals surface area contributed by atoms with Crippen LogP contribution in [0.4, 0.5) is 0 Å². The molecule has 0 radical (unpaired) electrons. The summed E-state index contributed by atoms with van der Waals surface area (Å²) in [5.74, 6) is -0.418. The van der Waals surface area contributed by atoms with Gasteiger partial charge >= 0.3 is 20.2 Å². The van der Waals surface area contributed by atoms with E-state index in [2.05, 4.69) is 0 Å². The molecule has 0 aliphatic carbocycles. The summed E-state index contributed by atoms with van der Waals surface area (Å²) in [6.45, 7) is 16.0. The Morgan fingerprint density at radius 1 is 0.750 bits per heavy atom. The van der Waals surface area contributed by atoms with Crippen LogP contribution in [0.5, 0.6) is 0 Å². The monoisotopic (exact) mass is 388 g/mol. The van der Waals surface area contributed by atoms with Crippen LogP contribution in [0, 0.1) is 0 Å². The van der Waals surface area contributed by atoms with E-state index in [0.717, 1.165) is 5.46 Å². The van der Waals surface area contributed by atoms with Crippen molar-refractivity contribution < 1.29 is 28.1 Å². The average Bonchev–Trinajstić information content (AvgIpc) is 2.93. The van der Waals surface area contributed by atoms with Gasteiger partial charge in [-0.15, -0.1) is 0 Å². The predicted octanol–water partition coefficient (Wildman–Crippen LogP) is 2.07. The predicted molar refractivity (Wildman–Crippen MR) is 109 cm³/mol. The molecule has 0 unspecified atom stereocenters. The van der Waals surface area contributed by atoms with E-state index >= 15 is 0 Å². The number of hydrogen-bond donors (Lipinski definition) is 0. The highest BCUT2D eigenvalue weighted by molar-refractivity contribution is 6.74. The van der Waals surface area contributed by atoms with Gasteiger partial charge in [0.05, 0.1) is 35.1 Å². The molecule has 0 bridgehead atoms. The van der Waals surface area contributed by atoms with Crippen LogP contribution in [0.3, 0.4) is 0 Å². The van der Waals surface area contributed by atoms with Crippen molar-refractivity contribution in [1.82, 2.24) is 0 Å². The Hall–Kier alpha value is -1.34. The summed E-state index contributed by atoms with van der Waals surface area (Å²) in [6, 6.07) is 5.28. The molecule has 152 valence electrons. The van der Waals surface area contributed by atoms with E-state index in [1.54, 1.807) is 12.1 Å². The minimum absolute atomic E-state index is 0.418. The van der Waals surface area contributed by atoms with Gasteiger partial charge in [-0.3, -0.25) is 0 Å². The van der Waals surface area contributed by atoms with E-state index in [1.807, 2.05) is 61.5 Å². The number of esters is 1. The molecule has 1 aromatic rings. The van der Waals surface area contributed by atoms with Crippen molar-refractivity contribution in [3.05, 3.63) is 23.8 Å². The molecule has 2 heterocycles. The maximum atomic E-state index is 12.1. The highest BCUT2D eigenvalue weighted by atomic mass is 16.7. The molecule has 2 fully saturated rings. The van der Waals surface area contributed by atoms with Crippen LogP contribution in [0.2, 0.25) is 0 Å². The van der Waals surface area contributed by atoms with Crippen LogP contribution in [0.25, 0.3) is 0 Å². The number of carbonyl (C=O) groups is 1. The first-order chi connectivity index (χ1) is 12.7. The van der Waals surface area contributed by atoms with Gasteiger partial charge in [0, 0.05) is 0 Å². The second-order valence-corrected chi connectivity index (χ2v) is 9.51. The molecule has 2 aliphatic heterocycles. The van der Waals surface area contributed by atoms with Crippen LogP contribution in [-0.4, -0.2) is 49.7 Å². The third kappa shape index (κ3) is 3.41. The molecule has 0 aromatic heterocycles. The standard InChI is InChI=1S/C20H30B2O6/c1-17(2)18(3,4)26-21(25-17)14-11-10-13(16(23)24-9)12-15(14)22-27-19(5,6)20(7,8)28-22/h10-12H,1-9H3. The Bertz CT molecular complexity index is 755. The molecule has 2 saturated heterocycles. The van der Waals surface area contributed by atoms with E-state index in [0.29, 0.717) is 11.0 Å². The average molecular weight is 388 g/mol. The first-order valence-corrected chi connectivity index (χ1v) is 9.64. The Balaban J connectivity index is 2.06. The number of benzene rings is 1. The Morgan fingerprint density at radius 2 is 1.14 bits per heavy atom. The quantitative estimate of drug-likeness (QED) is 0.584. The fraction of sp³-hybridized carbons (Fsp3) is 0.650. The lowest BCUT2D eigenvalue weighted by Gasteiger charge is -2.32. The van der Waals surface area contributed by atoms with Crippen LogP contribution in [-0.2, 0) is 23.4 Å². The molecule has 3 rings (SSSR count). The zero-order valence-electron chi connectivity index (χ0n) is 18.3. The summed E-state index contributed by atoms with van der Waals surface area (Å²) in [6.07, 6.45) is 0. The van der Waals surface area contributed by atoms with Gasteiger partial charge in [-0.25, -0.2) is 4.79 Å². The van der Waals surface area contributed by atoms with Crippen molar-refractivity contribution in [2.45, 2.75) is 77.8 Å². The van der Waals surface area contributed by atoms with Crippen LogP contribution in [0.1, 0.15) is 65.7 Å². The molecule has 0 saturated carbocycles. The highest BCUT2D eigenvalue weighted by Crippen LogP contribution is 2.38. The minimum atomic E-state index is -0.649. The van der Waals surface area contributed by atoms with Crippen molar-refractivity contribution >= 4 is 31.1 Å². The summed E-state index contributed by atoms with van der Waals surface area (Å²) < 4.78 is 29.8. The third-order valence-electron chi connectivity index (χ3n) is 6.52. The molecular weight excluding hydrogens is 358 g/mol. The molecule has 8 heteroatoms. The molecule has 0 amide bonds. The third-order valence-corrected chi connectivity index (χ3v) is 6.52. The van der Waals surface area contributed by atoms with Gasteiger partial charge in [0.15, 0.2) is 0 Å². The molecule has 0 atom stereocenters. The van der Waals surface area contributed by atoms with Crippen molar-refractivity contribution in [1.29, 1.82) is 0 Å². The summed E-state index contributed by atoms with van der Waals surface area (Å²) in [7, 11) is 0.119. The second-order valence-electron chi connectivity index (χ2n) is 9.51. The lowest BCUT2D eigenvalue weighted by Crippen LogP contribution is -2.52. The summed E-state index contributed by atoms with van der Waals surface area (Å²) in [4.78, 5) is 12.1. The van der Waals surface area contributed by atoms with E-state index in [1.165, 1.54) is 7.11 Å². The van der Waals surface area contributed by atoms with Gasteiger partial charge in [0.1, 0.15) is 0 Å². The topological polar surface area (TPSA) is 63.2 Å². The van der Waals surface area contributed by atoms with E-state index < -0.39 is 42.6 Å². The molecule has 0 spiro atoms. The Kier molecular flexibility index (Phi) is 5.03. The Labute approximate surface area is 168 Å². The summed E-state index contributed by atoms with van der Waals surface area (Å²) >= 11 is 0. The van der Waals surface area contributed by atoms with E-state index in [-0.39, 0.29) is 0 Å². The van der Waals surface area contributed by atoms with E-state index in [4.69, 9.17) is 23.4 Å². The van der Waals surface area contributed by atoms with Crippen molar-refractivity contribution in [2.24, 2.45) is 0 Å². The lowest BCUT2D eigenvalue weighted by molar-refractivity contribution is 0.00578. The van der Waals surface area contributed by atoms with Gasteiger partial charge in [-0.05, 0) is 78.4 Å². The van der Waals surface area contributed by atoms with Crippen molar-refractivity contribution in [3.8, 4) is 0 Å². The van der Waals surface area contributed by atoms with Crippen LogP contribution < -0.4 is 10.9 Å². The zero-order chi connectivity index (χ0) is 21.1. The maximum Gasteiger partial charge on any atom is 0.494 e. The van der Waals surface area contributed by atoms with Gasteiger partial charge in [-0.1, -0.05) is 6.07 Å². The number of hydrogen-bond acceptors (Lipinski definition) is 6. The largest absolute Gasteiger partial charge is 0.494 e. The van der Waals surface area contributed by atoms with Crippen molar-refractivity contribution in [3.63, 3.8) is 0 Å². The SMILES string of the molecule is COC(=O)c1ccc(B2OC(C)(C)C(C)(C)O2)c(B2OC(C)(C)C(C)(C)O2)c1. The highest BCUT2D eigenvalue weighted by Gasteiger charge is 2.56. The van der Waals surface area contributed by atoms with Gasteiger partial charge in [-0.2, -0.15) is 0 Å². The zero-order valence-corrected chi connectivity index (χ0v) is 18.3. The first-order valence-electron chi connectivity index (χ1n) is 9.64. The normalized spacial score (nSPS) is 24.5. The van der Waals surface area contributed by atoms with Gasteiger partial charge in [0.2, 0.25) is 0 Å². The van der Waals surface area contributed by atoms with Crippen molar-refractivity contribution in [2.75, 3.05) is 7.11 Å². The molecule has 2 aliphatic rings. The number of rotatable bonds is 3. The van der Waals surface area contributed by atoms with E-state index in [9.17, 15) is 4.79 Å². The minimum Gasteiger partial charge on any atom is -0.465 e. The second kappa shape index (κ2) is 6.59. The van der Waals surface area contributed by atoms with Crippen LogP contribution >= 0.6 is 0 Å². The fourth-order valence-corrected chi connectivity index (χ4v) is 3.18. The Morgan fingerprint density at radius 3 is 1.54 bits per heavy atom. The summed E-state index contributed by atoms with van der Waals surface area (Å²) in [5, 5.41) is 0. The van der Waals surface area contributed by atoms with Crippen LogP contribution in [0.15, 0.2) is 18.2 Å². The smallest absolute Gasteiger partial charge is 0.465 e. The number of methoxy groups -OCH3 is 1. The molecule has 6 nitrogen and oxygen atoms in total. The maximum absolute atomic E-state index is 12.1. The lowest BCUT2D eigenvalue weighted by atomic mass is 9.64.